The van der Waals surface area contributed by atoms with Gasteiger partial charge < -0.3 is 65.1 Å². The van der Waals surface area contributed by atoms with Crippen LogP contribution in [0.25, 0.3) is 0 Å². The van der Waals surface area contributed by atoms with Gasteiger partial charge in [0.05, 0.1) is 37.3 Å². The summed E-state index contributed by atoms with van der Waals surface area (Å²) in [5, 5.41) is 65.3. The van der Waals surface area contributed by atoms with Crippen molar-refractivity contribution >= 4 is 23.5 Å². The molecule has 0 aliphatic carbocycles. The molecule has 12 atom stereocenters. The lowest BCUT2D eigenvalue weighted by Crippen LogP contribution is -2.57. The van der Waals surface area contributed by atoms with E-state index < -0.39 is 90.5 Å². The van der Waals surface area contributed by atoms with E-state index in [1.54, 1.807) is 0 Å². The molecule has 3 heterocycles. The predicted molar refractivity (Wildman–Crippen MR) is 169 cm³/mol. The van der Waals surface area contributed by atoms with Crippen LogP contribution in [0.2, 0.25) is 0 Å². The number of ether oxygens (including phenoxy) is 4. The van der Waals surface area contributed by atoms with Crippen LogP contribution in [0.3, 0.4) is 0 Å². The van der Waals surface area contributed by atoms with Crippen molar-refractivity contribution < 1.29 is 68.8 Å². The number of rotatable bonds is 15. The number of ketones is 1. The number of nitrogens with one attached hydrogen (secondary N) is 2. The highest BCUT2D eigenvalue weighted by Crippen LogP contribution is 2.27. The Morgan fingerprint density at radius 2 is 1.08 bits per heavy atom. The van der Waals surface area contributed by atoms with Crippen molar-refractivity contribution in [2.45, 2.75) is 122 Å². The molecule has 3 amide bonds. The van der Waals surface area contributed by atoms with Gasteiger partial charge in [0.2, 0.25) is 17.7 Å². The van der Waals surface area contributed by atoms with Gasteiger partial charge in [-0.3, -0.25) is 19.2 Å². The van der Waals surface area contributed by atoms with E-state index in [1.807, 2.05) is 20.8 Å². The average molecular weight is 706 g/mol. The second-order valence-electron chi connectivity index (χ2n) is 14.1. The van der Waals surface area contributed by atoms with E-state index in [2.05, 4.69) is 10.6 Å². The molecular formula is C32H55N3O14. The zero-order valence-corrected chi connectivity index (χ0v) is 28.9. The number of hydrogen-bond acceptors (Lipinski definition) is 14. The third-order valence-electron chi connectivity index (χ3n) is 9.21. The highest BCUT2D eigenvalue weighted by Gasteiger charge is 2.45. The zero-order chi connectivity index (χ0) is 36.6. The van der Waals surface area contributed by atoms with Crippen LogP contribution in [0.15, 0.2) is 0 Å². The number of amides is 3. The number of aliphatic hydroxyl groups excluding tert-OH is 6. The highest BCUT2D eigenvalue weighted by atomic mass is 16.7. The molecular weight excluding hydrogens is 650 g/mol. The summed E-state index contributed by atoms with van der Waals surface area (Å²) >= 11 is 0. The number of nitrogens with zero attached hydrogens (tertiary/aromatic N) is 1. The molecule has 0 aromatic heterocycles. The molecule has 3 aliphatic heterocycles. The molecule has 0 aromatic carbocycles. The van der Waals surface area contributed by atoms with Crippen LogP contribution < -0.4 is 10.6 Å². The molecule has 3 aliphatic rings. The van der Waals surface area contributed by atoms with Crippen molar-refractivity contribution in [2.24, 2.45) is 17.3 Å². The van der Waals surface area contributed by atoms with E-state index in [0.717, 1.165) is 0 Å². The Kier molecular flexibility index (Phi) is 15.3. The Morgan fingerprint density at radius 1 is 0.673 bits per heavy atom. The van der Waals surface area contributed by atoms with Gasteiger partial charge in [-0.2, -0.15) is 0 Å². The minimum absolute atomic E-state index is 0.0205. The third-order valence-corrected chi connectivity index (χ3v) is 9.21. The maximum atomic E-state index is 13.3. The summed E-state index contributed by atoms with van der Waals surface area (Å²) in [4.78, 5) is 53.4. The molecule has 3 fully saturated rings. The molecule has 17 heteroatoms. The van der Waals surface area contributed by atoms with Crippen molar-refractivity contribution in [1.82, 2.24) is 15.5 Å². The van der Waals surface area contributed by atoms with Gasteiger partial charge in [-0.1, -0.05) is 20.8 Å². The van der Waals surface area contributed by atoms with Gasteiger partial charge in [0.1, 0.15) is 42.4 Å². The SMILES string of the molecule is C[C@@H]1O[C@@H](OCCNC(=O)[C@H]2CN(C(=O)CCCCC(=O)C(C)(C)C)C[C@H]2C(=O)NCCO[C@@H]2O[C@@H](C)[C@@H](O)[C@@H](O)[C@@H]2O)[C@@H](O)[C@H](O)[C@@H]1O. The topological polar surface area (TPSA) is 254 Å². The van der Waals surface area contributed by atoms with Gasteiger partial charge in [-0.05, 0) is 26.7 Å². The number of carbonyl (C=O) groups excluding carboxylic acids is 4. The van der Waals surface area contributed by atoms with E-state index >= 15 is 0 Å². The minimum Gasteiger partial charge on any atom is -0.388 e. The highest BCUT2D eigenvalue weighted by molar-refractivity contribution is 5.90. The number of unbranched alkanes of at least 4 members (excludes halogenated alkanes) is 1. The summed E-state index contributed by atoms with van der Waals surface area (Å²) in [5.41, 5.74) is -0.465. The standard InChI is InChI=1S/C32H55N3O14/c1-16-22(38)24(40)26(42)30(48-16)46-12-10-33-28(44)18-14-35(21(37)9-7-6-8-20(36)32(3,4)5)15-19(18)29(45)34-11-13-47-31-27(43)25(41)23(39)17(2)49-31/h16-19,22-27,30-31,38-43H,6-15H2,1-5H3,(H,33,44)(H,34,45)/t16-,17-,18-,19+,22+,23+,24+,25+,26-,27-,30+,31+/m0/s1. The van der Waals surface area contributed by atoms with Crippen molar-refractivity contribution in [3.05, 3.63) is 0 Å². The first-order valence-corrected chi connectivity index (χ1v) is 16.9. The van der Waals surface area contributed by atoms with E-state index in [1.165, 1.54) is 18.7 Å². The van der Waals surface area contributed by atoms with Crippen LogP contribution in [-0.2, 0) is 38.1 Å². The Morgan fingerprint density at radius 3 is 1.49 bits per heavy atom. The fourth-order valence-electron chi connectivity index (χ4n) is 5.90. The van der Waals surface area contributed by atoms with Crippen molar-refractivity contribution in [3.8, 4) is 0 Å². The number of Topliss-reactive ketones (excluding diaryl/α,β-unsaturated/α-hetero) is 1. The van der Waals surface area contributed by atoms with Gasteiger partial charge in [0, 0.05) is 44.4 Å². The quantitative estimate of drug-likeness (QED) is 0.0800. The van der Waals surface area contributed by atoms with E-state index in [4.69, 9.17) is 18.9 Å². The molecule has 0 aromatic rings. The maximum Gasteiger partial charge on any atom is 0.225 e. The molecule has 49 heavy (non-hydrogen) atoms. The number of hydrogen-bond donors (Lipinski definition) is 8. The van der Waals surface area contributed by atoms with Crippen LogP contribution in [0, 0.1) is 17.3 Å². The largest absolute Gasteiger partial charge is 0.388 e. The molecule has 0 saturated carbocycles. The summed E-state index contributed by atoms with van der Waals surface area (Å²) in [7, 11) is 0. The summed E-state index contributed by atoms with van der Waals surface area (Å²) < 4.78 is 21.7. The fraction of sp³-hybridized carbons (Fsp3) is 0.875. The van der Waals surface area contributed by atoms with Gasteiger partial charge in [-0.25, -0.2) is 0 Å². The lowest BCUT2D eigenvalue weighted by atomic mass is 9.88. The van der Waals surface area contributed by atoms with Crippen LogP contribution in [0.4, 0.5) is 0 Å². The molecule has 0 bridgehead atoms. The molecule has 8 N–H and O–H groups in total. The summed E-state index contributed by atoms with van der Waals surface area (Å²) in [6.45, 7) is 8.15. The lowest BCUT2D eigenvalue weighted by Gasteiger charge is -2.38. The van der Waals surface area contributed by atoms with Gasteiger partial charge in [0.15, 0.2) is 12.6 Å². The predicted octanol–water partition coefficient (Wildman–Crippen LogP) is -2.84. The molecule has 0 unspecified atom stereocenters. The zero-order valence-electron chi connectivity index (χ0n) is 28.9. The summed E-state index contributed by atoms with van der Waals surface area (Å²) in [6, 6.07) is 0. The molecule has 3 saturated heterocycles. The minimum atomic E-state index is -1.51. The molecule has 0 spiro atoms. The van der Waals surface area contributed by atoms with Crippen LogP contribution in [-0.4, -0.2) is 160 Å². The second kappa shape index (κ2) is 18.3. The lowest BCUT2D eigenvalue weighted by molar-refractivity contribution is -0.292. The first kappa shape index (κ1) is 41.1. The normalized spacial score (nSPS) is 35.2. The Hall–Kier alpha value is -2.32. The maximum absolute atomic E-state index is 13.3. The Balaban J connectivity index is 1.54. The van der Waals surface area contributed by atoms with Gasteiger partial charge >= 0.3 is 0 Å². The van der Waals surface area contributed by atoms with Crippen molar-refractivity contribution in [3.63, 3.8) is 0 Å². The average Bonchev–Trinajstić information content (AvgIpc) is 3.51. The third kappa shape index (κ3) is 11.1. The molecule has 282 valence electrons. The second-order valence-corrected chi connectivity index (χ2v) is 14.1. The number of likely N-dealkylation sites (tertiary alicyclic amines) is 1. The monoisotopic (exact) mass is 705 g/mol. The molecule has 17 nitrogen and oxygen atoms in total. The van der Waals surface area contributed by atoms with Crippen molar-refractivity contribution in [1.29, 1.82) is 0 Å². The number of carbonyl (C=O) groups is 4. The van der Waals surface area contributed by atoms with Crippen molar-refractivity contribution in [2.75, 3.05) is 39.4 Å². The van der Waals surface area contributed by atoms with E-state index in [9.17, 15) is 49.8 Å². The van der Waals surface area contributed by atoms with Gasteiger partial charge in [-0.15, -0.1) is 0 Å². The Bertz CT molecular complexity index is 1060. The first-order valence-electron chi connectivity index (χ1n) is 16.9. The summed E-state index contributed by atoms with van der Waals surface area (Å²) in [6.07, 6.45) is -11.1. The summed E-state index contributed by atoms with van der Waals surface area (Å²) in [5.74, 6) is -3.01. The van der Waals surface area contributed by atoms with Crippen LogP contribution >= 0.6 is 0 Å². The van der Waals surface area contributed by atoms with E-state index in [-0.39, 0.29) is 57.5 Å². The molecule has 0 radical (unpaired) electrons. The van der Waals surface area contributed by atoms with Crippen LogP contribution in [0.1, 0.15) is 60.3 Å². The van der Waals surface area contributed by atoms with Gasteiger partial charge in [0.25, 0.3) is 0 Å². The van der Waals surface area contributed by atoms with E-state index in [0.29, 0.717) is 19.3 Å². The fourth-order valence-corrected chi connectivity index (χ4v) is 5.90. The first-order chi connectivity index (χ1) is 22.9. The van der Waals surface area contributed by atoms with Crippen LogP contribution in [0.5, 0.6) is 0 Å². The smallest absolute Gasteiger partial charge is 0.225 e. The Labute approximate surface area is 286 Å². The molecule has 3 rings (SSSR count). The number of aliphatic hydroxyl groups is 6.